The number of rotatable bonds is 5. The Morgan fingerprint density at radius 3 is 2.61 bits per heavy atom. The highest BCUT2D eigenvalue weighted by atomic mass is 32.1. The van der Waals surface area contributed by atoms with Crippen molar-refractivity contribution >= 4 is 28.2 Å². The van der Waals surface area contributed by atoms with E-state index < -0.39 is 23.2 Å². The van der Waals surface area contributed by atoms with E-state index >= 15 is 0 Å². The van der Waals surface area contributed by atoms with Gasteiger partial charge < -0.3 is 14.7 Å². The lowest BCUT2D eigenvalue weighted by atomic mass is 10.0. The van der Waals surface area contributed by atoms with Crippen molar-refractivity contribution in [2.24, 2.45) is 0 Å². The summed E-state index contributed by atoms with van der Waals surface area (Å²) in [6, 6.07) is 15.7. The summed E-state index contributed by atoms with van der Waals surface area (Å²) in [4.78, 5) is 28.7. The number of carbonyl (C=O) groups is 1. The third kappa shape index (κ3) is 3.64. The van der Waals surface area contributed by atoms with E-state index in [0.717, 1.165) is 22.6 Å². The predicted molar refractivity (Wildman–Crippen MR) is 124 cm³/mol. The average Bonchev–Trinajstić information content (AvgIpc) is 3.43. The van der Waals surface area contributed by atoms with E-state index in [1.807, 2.05) is 29.6 Å². The SMILES string of the molecule is O=C(O)c1c(-c2ccc[nH]c2=O)c2cc(-c3cccs3)ccc2n1Cc1ccc(F)cc1F. The number of nitrogens with one attached hydrogen (secondary N) is 1. The fourth-order valence-electron chi connectivity index (χ4n) is 4.05. The highest BCUT2D eigenvalue weighted by Gasteiger charge is 2.26. The normalized spacial score (nSPS) is 11.2. The number of hydrogen-bond acceptors (Lipinski definition) is 3. The number of pyridine rings is 1. The second kappa shape index (κ2) is 8.14. The van der Waals surface area contributed by atoms with E-state index in [-0.39, 0.29) is 28.9 Å². The Hall–Kier alpha value is -4.04. The van der Waals surface area contributed by atoms with Gasteiger partial charge in [0.2, 0.25) is 0 Å². The summed E-state index contributed by atoms with van der Waals surface area (Å²) >= 11 is 1.54. The van der Waals surface area contributed by atoms with E-state index in [4.69, 9.17) is 0 Å². The molecule has 0 atom stereocenters. The molecule has 0 fully saturated rings. The zero-order chi connectivity index (χ0) is 23.1. The van der Waals surface area contributed by atoms with Crippen LogP contribution in [0.1, 0.15) is 16.1 Å². The van der Waals surface area contributed by atoms with Crippen molar-refractivity contribution in [1.29, 1.82) is 0 Å². The maximum absolute atomic E-state index is 14.5. The van der Waals surface area contributed by atoms with Gasteiger partial charge in [0.15, 0.2) is 0 Å². The van der Waals surface area contributed by atoms with Crippen molar-refractivity contribution in [3.8, 4) is 21.6 Å². The third-order valence-corrected chi connectivity index (χ3v) is 6.42. The van der Waals surface area contributed by atoms with Crippen LogP contribution < -0.4 is 5.56 Å². The van der Waals surface area contributed by atoms with Crippen molar-refractivity contribution in [2.75, 3.05) is 0 Å². The molecule has 0 bridgehead atoms. The quantitative estimate of drug-likeness (QED) is 0.349. The summed E-state index contributed by atoms with van der Waals surface area (Å²) in [6.07, 6.45) is 1.47. The molecule has 3 heterocycles. The Kier molecular flexibility index (Phi) is 5.14. The monoisotopic (exact) mass is 462 g/mol. The summed E-state index contributed by atoms with van der Waals surface area (Å²) in [5.41, 5.74) is 1.39. The maximum Gasteiger partial charge on any atom is 0.353 e. The average molecular weight is 462 g/mol. The first kappa shape index (κ1) is 20.8. The van der Waals surface area contributed by atoms with Gasteiger partial charge in [-0.05, 0) is 47.3 Å². The number of halogens is 2. The second-order valence-corrected chi connectivity index (χ2v) is 8.42. The molecule has 0 spiro atoms. The predicted octanol–water partition coefficient (Wildman–Crippen LogP) is 5.75. The minimum atomic E-state index is -1.26. The smallest absolute Gasteiger partial charge is 0.353 e. The highest BCUT2D eigenvalue weighted by Crippen LogP contribution is 2.37. The summed E-state index contributed by atoms with van der Waals surface area (Å²) in [6.45, 7) is -0.146. The van der Waals surface area contributed by atoms with Crippen LogP contribution in [0.25, 0.3) is 32.5 Å². The van der Waals surface area contributed by atoms with Gasteiger partial charge in [0.05, 0.1) is 6.54 Å². The zero-order valence-corrected chi connectivity index (χ0v) is 17.8. The molecule has 0 aliphatic heterocycles. The van der Waals surface area contributed by atoms with Crippen molar-refractivity contribution in [3.05, 3.63) is 105 Å². The molecule has 0 amide bonds. The molecular weight excluding hydrogens is 446 g/mol. The topological polar surface area (TPSA) is 75.1 Å². The molecule has 0 unspecified atom stereocenters. The Bertz CT molecular complexity index is 1570. The Morgan fingerprint density at radius 2 is 1.91 bits per heavy atom. The van der Waals surface area contributed by atoms with Crippen molar-refractivity contribution in [3.63, 3.8) is 0 Å². The van der Waals surface area contributed by atoms with Crippen molar-refractivity contribution in [1.82, 2.24) is 9.55 Å². The van der Waals surface area contributed by atoms with Crippen LogP contribution in [0.15, 0.2) is 77.0 Å². The van der Waals surface area contributed by atoms with E-state index in [1.165, 1.54) is 28.2 Å². The minimum Gasteiger partial charge on any atom is -0.477 e. The molecule has 0 saturated heterocycles. The first-order valence-corrected chi connectivity index (χ1v) is 10.9. The van der Waals surface area contributed by atoms with E-state index in [0.29, 0.717) is 10.9 Å². The molecule has 0 aliphatic carbocycles. The van der Waals surface area contributed by atoms with Crippen LogP contribution in [0.2, 0.25) is 0 Å². The van der Waals surface area contributed by atoms with Crippen molar-refractivity contribution in [2.45, 2.75) is 6.54 Å². The van der Waals surface area contributed by atoms with Gasteiger partial charge in [-0.3, -0.25) is 4.79 Å². The highest BCUT2D eigenvalue weighted by molar-refractivity contribution is 7.13. The van der Waals surface area contributed by atoms with E-state index in [2.05, 4.69) is 4.98 Å². The number of nitrogens with zero attached hydrogens (tertiary/aromatic N) is 1. The third-order valence-electron chi connectivity index (χ3n) is 5.50. The number of thiophene rings is 1. The van der Waals surface area contributed by atoms with E-state index in [9.17, 15) is 23.5 Å². The van der Waals surface area contributed by atoms with Crippen molar-refractivity contribution < 1.29 is 18.7 Å². The number of H-pyrrole nitrogens is 1. The molecular formula is C25H16F2N2O3S. The molecule has 3 aromatic heterocycles. The van der Waals surface area contributed by atoms with Gasteiger partial charge in [-0.15, -0.1) is 11.3 Å². The van der Waals surface area contributed by atoms with Gasteiger partial charge in [-0.2, -0.15) is 0 Å². The van der Waals surface area contributed by atoms with Gasteiger partial charge in [0.1, 0.15) is 17.3 Å². The number of aromatic carboxylic acids is 1. The number of fused-ring (bicyclic) bond motifs is 1. The molecule has 0 radical (unpaired) electrons. The van der Waals surface area contributed by atoms with Crippen LogP contribution in [0.5, 0.6) is 0 Å². The first-order chi connectivity index (χ1) is 15.9. The first-order valence-electron chi connectivity index (χ1n) is 9.99. The Labute approximate surface area is 190 Å². The van der Waals surface area contributed by atoms with Crippen LogP contribution >= 0.6 is 11.3 Å². The lowest BCUT2D eigenvalue weighted by Gasteiger charge is -2.10. The van der Waals surface area contributed by atoms with Gasteiger partial charge >= 0.3 is 5.97 Å². The van der Waals surface area contributed by atoms with Gasteiger partial charge in [0, 0.05) is 44.7 Å². The molecule has 33 heavy (non-hydrogen) atoms. The molecule has 2 aromatic carbocycles. The van der Waals surface area contributed by atoms with Gasteiger partial charge in [-0.1, -0.05) is 18.2 Å². The number of aromatic nitrogens is 2. The minimum absolute atomic E-state index is 0.131. The zero-order valence-electron chi connectivity index (χ0n) is 17.0. The number of aromatic amines is 1. The molecule has 5 nitrogen and oxygen atoms in total. The summed E-state index contributed by atoms with van der Waals surface area (Å²) in [7, 11) is 0. The maximum atomic E-state index is 14.5. The number of carboxylic acids is 1. The fourth-order valence-corrected chi connectivity index (χ4v) is 4.77. The Morgan fingerprint density at radius 1 is 1.06 bits per heavy atom. The van der Waals surface area contributed by atoms with Crippen LogP contribution in [-0.2, 0) is 6.54 Å². The van der Waals surface area contributed by atoms with E-state index in [1.54, 1.807) is 18.2 Å². The Balaban J connectivity index is 1.84. The summed E-state index contributed by atoms with van der Waals surface area (Å²) in [5.74, 6) is -2.75. The van der Waals surface area contributed by atoms with Crippen LogP contribution in [0, 0.1) is 11.6 Å². The summed E-state index contributed by atoms with van der Waals surface area (Å²) in [5, 5.41) is 12.7. The molecule has 5 aromatic rings. The molecule has 5 rings (SSSR count). The molecule has 0 aliphatic rings. The lowest BCUT2D eigenvalue weighted by Crippen LogP contribution is -2.14. The number of carboxylic acid groups (broad SMARTS) is 1. The number of benzene rings is 2. The standard InChI is InChI=1S/C25H16F2N2O3S/c26-16-7-5-15(19(27)12-16)13-29-20-8-6-14(21-4-2-10-33-21)11-18(20)22(23(29)25(31)32)17-3-1-9-28-24(17)30/h1-12H,13H2,(H,28,30)(H,31,32). The fraction of sp³-hybridized carbons (Fsp3) is 0.0400. The summed E-state index contributed by atoms with van der Waals surface area (Å²) < 4.78 is 29.3. The van der Waals surface area contributed by atoms with Crippen LogP contribution in [-0.4, -0.2) is 20.6 Å². The number of hydrogen-bond donors (Lipinski definition) is 2. The molecule has 164 valence electrons. The van der Waals surface area contributed by atoms with Crippen LogP contribution in [0.4, 0.5) is 8.78 Å². The molecule has 0 saturated carbocycles. The second-order valence-electron chi connectivity index (χ2n) is 7.47. The van der Waals surface area contributed by atoms with Gasteiger partial charge in [0.25, 0.3) is 5.56 Å². The molecule has 2 N–H and O–H groups in total. The molecule has 8 heteroatoms. The lowest BCUT2D eigenvalue weighted by molar-refractivity contribution is 0.0687. The van der Waals surface area contributed by atoms with Gasteiger partial charge in [-0.25, -0.2) is 13.6 Å². The van der Waals surface area contributed by atoms with Crippen LogP contribution in [0.3, 0.4) is 0 Å². The largest absolute Gasteiger partial charge is 0.477 e.